The summed E-state index contributed by atoms with van der Waals surface area (Å²) in [4.78, 5) is 1.42. The van der Waals surface area contributed by atoms with E-state index >= 15 is 0 Å². The van der Waals surface area contributed by atoms with Crippen LogP contribution in [0.25, 0.3) is 0 Å². The standard InChI is InChI=1S/C19H31NS/c1-3-13-20-19-11-10-16(4-2)15-17(19)12-14-21-18-8-6-5-7-9-18/h5-9,16-17,19-20H,3-4,10-15H2,1-2H3. The molecule has 1 aliphatic rings. The SMILES string of the molecule is CCCNC1CCC(CC)CC1CCSc1ccccc1. The van der Waals surface area contributed by atoms with Gasteiger partial charge in [0.25, 0.3) is 0 Å². The lowest BCUT2D eigenvalue weighted by Crippen LogP contribution is -2.41. The Balaban J connectivity index is 1.80. The summed E-state index contributed by atoms with van der Waals surface area (Å²) < 4.78 is 0. The first-order chi connectivity index (χ1) is 10.3. The van der Waals surface area contributed by atoms with E-state index < -0.39 is 0 Å². The third-order valence-electron chi connectivity index (χ3n) is 4.83. The second kappa shape index (κ2) is 9.53. The second-order valence-electron chi connectivity index (χ2n) is 6.36. The van der Waals surface area contributed by atoms with E-state index in [2.05, 4.69) is 49.5 Å². The molecule has 2 heteroatoms. The van der Waals surface area contributed by atoms with Gasteiger partial charge in [-0.15, -0.1) is 11.8 Å². The second-order valence-corrected chi connectivity index (χ2v) is 7.53. The lowest BCUT2D eigenvalue weighted by atomic mass is 9.76. The van der Waals surface area contributed by atoms with Crippen molar-refractivity contribution in [2.45, 2.75) is 63.3 Å². The van der Waals surface area contributed by atoms with Crippen LogP contribution in [0.15, 0.2) is 35.2 Å². The molecule has 3 atom stereocenters. The molecule has 2 rings (SSSR count). The maximum atomic E-state index is 3.81. The topological polar surface area (TPSA) is 12.0 Å². The highest BCUT2D eigenvalue weighted by Crippen LogP contribution is 2.34. The van der Waals surface area contributed by atoms with Crippen LogP contribution in [-0.2, 0) is 0 Å². The highest BCUT2D eigenvalue weighted by molar-refractivity contribution is 7.99. The van der Waals surface area contributed by atoms with E-state index in [9.17, 15) is 0 Å². The van der Waals surface area contributed by atoms with Crippen LogP contribution >= 0.6 is 11.8 Å². The van der Waals surface area contributed by atoms with Crippen molar-refractivity contribution in [1.29, 1.82) is 0 Å². The molecule has 0 heterocycles. The van der Waals surface area contributed by atoms with Gasteiger partial charge in [0.1, 0.15) is 0 Å². The van der Waals surface area contributed by atoms with Crippen molar-refractivity contribution >= 4 is 11.8 Å². The first-order valence-corrected chi connectivity index (χ1v) is 9.73. The number of nitrogens with one attached hydrogen (secondary N) is 1. The quantitative estimate of drug-likeness (QED) is 0.649. The summed E-state index contributed by atoms with van der Waals surface area (Å²) in [5.41, 5.74) is 0. The van der Waals surface area contributed by atoms with Crippen LogP contribution in [0.4, 0.5) is 0 Å². The number of rotatable bonds is 8. The molecule has 0 bridgehead atoms. The number of benzene rings is 1. The maximum Gasteiger partial charge on any atom is 0.00958 e. The van der Waals surface area contributed by atoms with E-state index in [1.807, 2.05) is 11.8 Å². The molecule has 1 saturated carbocycles. The van der Waals surface area contributed by atoms with Crippen LogP contribution in [0.1, 0.15) is 52.4 Å². The Kier molecular flexibility index (Phi) is 7.66. The Bertz CT molecular complexity index is 378. The average Bonchev–Trinajstić information content (AvgIpc) is 2.54. The van der Waals surface area contributed by atoms with Crippen LogP contribution < -0.4 is 5.32 Å². The van der Waals surface area contributed by atoms with Gasteiger partial charge < -0.3 is 5.32 Å². The molecule has 0 aliphatic heterocycles. The van der Waals surface area contributed by atoms with Gasteiger partial charge >= 0.3 is 0 Å². The molecule has 0 aromatic heterocycles. The molecule has 0 saturated heterocycles. The molecule has 1 aliphatic carbocycles. The monoisotopic (exact) mass is 305 g/mol. The van der Waals surface area contributed by atoms with Gasteiger partial charge in [0.15, 0.2) is 0 Å². The van der Waals surface area contributed by atoms with Crippen LogP contribution in [0.5, 0.6) is 0 Å². The Morgan fingerprint density at radius 3 is 2.67 bits per heavy atom. The largest absolute Gasteiger partial charge is 0.314 e. The van der Waals surface area contributed by atoms with Gasteiger partial charge in [-0.05, 0) is 68.4 Å². The molecule has 1 N–H and O–H groups in total. The molecule has 1 nitrogen and oxygen atoms in total. The van der Waals surface area contributed by atoms with Gasteiger partial charge in [-0.25, -0.2) is 0 Å². The van der Waals surface area contributed by atoms with Gasteiger partial charge in [-0.1, -0.05) is 38.5 Å². The van der Waals surface area contributed by atoms with Gasteiger partial charge in [-0.2, -0.15) is 0 Å². The minimum Gasteiger partial charge on any atom is -0.314 e. The van der Waals surface area contributed by atoms with Crippen molar-refractivity contribution in [3.8, 4) is 0 Å². The third-order valence-corrected chi connectivity index (χ3v) is 5.87. The van der Waals surface area contributed by atoms with E-state index in [1.54, 1.807) is 0 Å². The van der Waals surface area contributed by atoms with Crippen molar-refractivity contribution in [3.63, 3.8) is 0 Å². The van der Waals surface area contributed by atoms with E-state index in [-0.39, 0.29) is 0 Å². The minimum absolute atomic E-state index is 0.768. The molecule has 118 valence electrons. The molecular weight excluding hydrogens is 274 g/mol. The summed E-state index contributed by atoms with van der Waals surface area (Å²) >= 11 is 2.02. The van der Waals surface area contributed by atoms with Gasteiger partial charge in [0.05, 0.1) is 0 Å². The molecule has 3 unspecified atom stereocenters. The van der Waals surface area contributed by atoms with Crippen molar-refractivity contribution in [1.82, 2.24) is 5.32 Å². The zero-order valence-corrected chi connectivity index (χ0v) is 14.5. The third kappa shape index (κ3) is 5.67. The van der Waals surface area contributed by atoms with Gasteiger partial charge in [-0.3, -0.25) is 0 Å². The lowest BCUT2D eigenvalue weighted by Gasteiger charge is -2.36. The average molecular weight is 306 g/mol. The van der Waals surface area contributed by atoms with E-state index in [4.69, 9.17) is 0 Å². The zero-order chi connectivity index (χ0) is 14.9. The molecule has 21 heavy (non-hydrogen) atoms. The number of hydrogen-bond acceptors (Lipinski definition) is 2. The number of hydrogen-bond donors (Lipinski definition) is 1. The Hall–Kier alpha value is -0.470. The molecule has 1 aromatic rings. The first kappa shape index (κ1) is 16.9. The summed E-state index contributed by atoms with van der Waals surface area (Å²) in [6.07, 6.45) is 8.23. The minimum atomic E-state index is 0.768. The van der Waals surface area contributed by atoms with Crippen LogP contribution in [0, 0.1) is 11.8 Å². The van der Waals surface area contributed by atoms with E-state index in [1.165, 1.54) is 55.7 Å². The molecule has 1 aromatic carbocycles. The van der Waals surface area contributed by atoms with Crippen molar-refractivity contribution in [3.05, 3.63) is 30.3 Å². The predicted octanol–water partition coefficient (Wildman–Crippen LogP) is 5.36. The Morgan fingerprint density at radius 2 is 1.95 bits per heavy atom. The first-order valence-electron chi connectivity index (χ1n) is 8.74. The fraction of sp³-hybridized carbons (Fsp3) is 0.684. The van der Waals surface area contributed by atoms with Gasteiger partial charge in [0.2, 0.25) is 0 Å². The van der Waals surface area contributed by atoms with Crippen molar-refractivity contribution < 1.29 is 0 Å². The molecule has 1 fully saturated rings. The molecular formula is C19H31NS. The van der Waals surface area contributed by atoms with Crippen LogP contribution in [0.3, 0.4) is 0 Å². The normalized spacial score (nSPS) is 25.9. The summed E-state index contributed by atoms with van der Waals surface area (Å²) in [6.45, 7) is 5.81. The van der Waals surface area contributed by atoms with Crippen LogP contribution in [0.2, 0.25) is 0 Å². The lowest BCUT2D eigenvalue weighted by molar-refractivity contribution is 0.195. The Labute approximate surface area is 135 Å². The smallest absolute Gasteiger partial charge is 0.00958 e. The zero-order valence-electron chi connectivity index (χ0n) is 13.7. The number of thioether (sulfide) groups is 1. The highest BCUT2D eigenvalue weighted by atomic mass is 32.2. The van der Waals surface area contributed by atoms with Crippen molar-refractivity contribution in [2.24, 2.45) is 11.8 Å². The fourth-order valence-corrected chi connectivity index (χ4v) is 4.50. The fourth-order valence-electron chi connectivity index (χ4n) is 3.49. The van der Waals surface area contributed by atoms with Crippen LogP contribution in [-0.4, -0.2) is 18.3 Å². The van der Waals surface area contributed by atoms with E-state index in [0.717, 1.165) is 17.9 Å². The Morgan fingerprint density at radius 1 is 1.14 bits per heavy atom. The van der Waals surface area contributed by atoms with Gasteiger partial charge in [0, 0.05) is 10.9 Å². The van der Waals surface area contributed by atoms with E-state index in [0.29, 0.717) is 0 Å². The van der Waals surface area contributed by atoms with Crippen molar-refractivity contribution in [2.75, 3.05) is 12.3 Å². The highest BCUT2D eigenvalue weighted by Gasteiger charge is 2.28. The summed E-state index contributed by atoms with van der Waals surface area (Å²) in [5.74, 6) is 3.11. The maximum absolute atomic E-state index is 3.81. The molecule has 0 radical (unpaired) electrons. The molecule has 0 amide bonds. The summed E-state index contributed by atoms with van der Waals surface area (Å²) in [7, 11) is 0. The summed E-state index contributed by atoms with van der Waals surface area (Å²) in [5, 5.41) is 3.81. The summed E-state index contributed by atoms with van der Waals surface area (Å²) in [6, 6.07) is 11.6. The molecule has 0 spiro atoms. The predicted molar refractivity (Wildman–Crippen MR) is 95.0 cm³/mol.